The van der Waals surface area contributed by atoms with Gasteiger partial charge in [-0.15, -0.1) is 0 Å². The van der Waals surface area contributed by atoms with Crippen LogP contribution in [0.4, 0.5) is 11.4 Å². The number of anilines is 2. The van der Waals surface area contributed by atoms with E-state index >= 15 is 0 Å². The van der Waals surface area contributed by atoms with Gasteiger partial charge in [0.1, 0.15) is 0 Å². The Balaban J connectivity index is 0.000000311. The quantitative estimate of drug-likeness (QED) is 0.181. The third-order valence-electron chi connectivity index (χ3n) is 6.07. The van der Waals surface area contributed by atoms with Crippen LogP contribution in [0.15, 0.2) is 140 Å². The fourth-order valence-corrected chi connectivity index (χ4v) is 4.22. The molecule has 3 aromatic carbocycles. The summed E-state index contributed by atoms with van der Waals surface area (Å²) in [7, 11) is 2.00. The highest BCUT2D eigenvalue weighted by Crippen LogP contribution is 2.29. The van der Waals surface area contributed by atoms with Crippen LogP contribution < -0.4 is 10.7 Å². The van der Waals surface area contributed by atoms with Crippen LogP contribution in [-0.2, 0) is 6.42 Å². The molecule has 0 radical (unpaired) electrons. The topological polar surface area (TPSA) is 51.1 Å². The molecule has 1 heterocycles. The molecule has 1 aliphatic rings. The van der Waals surface area contributed by atoms with E-state index in [1.54, 1.807) is 12.1 Å². The van der Waals surface area contributed by atoms with Crippen molar-refractivity contribution >= 4 is 11.4 Å². The maximum atomic E-state index is 9.09. The molecule has 1 unspecified atom stereocenters. The fraction of sp³-hybridized carbons (Fsp3) is 0.194. The average Bonchev–Trinajstić information content (AvgIpc) is 2.99. The molecule has 0 aliphatic carbocycles. The first kappa shape index (κ1) is 31.6. The zero-order chi connectivity index (χ0) is 29.2. The van der Waals surface area contributed by atoms with E-state index in [1.807, 2.05) is 76.4 Å². The first-order valence-corrected chi connectivity index (χ1v) is 13.7. The number of hydrogen-bond acceptors (Lipinski definition) is 4. The average molecular weight is 531 g/mol. The van der Waals surface area contributed by atoms with Crippen LogP contribution >= 0.6 is 0 Å². The van der Waals surface area contributed by atoms with Crippen LogP contribution in [0.1, 0.15) is 49.9 Å². The molecule has 4 rings (SSSR count). The molecular weight excluding hydrogens is 488 g/mol. The summed E-state index contributed by atoms with van der Waals surface area (Å²) in [5.41, 5.74) is 10.8. The van der Waals surface area contributed by atoms with Crippen molar-refractivity contribution in [2.75, 3.05) is 17.8 Å². The summed E-state index contributed by atoms with van der Waals surface area (Å²) in [4.78, 5) is 0. The highest BCUT2D eigenvalue weighted by atomic mass is 15.5. The minimum Gasteiger partial charge on any atom is -0.359 e. The Morgan fingerprint density at radius 3 is 2.40 bits per heavy atom. The summed E-state index contributed by atoms with van der Waals surface area (Å²) in [6.07, 6.45) is 14.2. The first-order valence-electron chi connectivity index (χ1n) is 13.7. The lowest BCUT2D eigenvalue weighted by atomic mass is 9.97. The van der Waals surface area contributed by atoms with Gasteiger partial charge in [0.2, 0.25) is 0 Å². The van der Waals surface area contributed by atoms with Crippen molar-refractivity contribution in [3.05, 3.63) is 156 Å². The number of benzene rings is 3. The monoisotopic (exact) mass is 530 g/mol. The number of hydrogen-bond donors (Lipinski definition) is 2. The Labute approximate surface area is 241 Å². The number of rotatable bonds is 7. The summed E-state index contributed by atoms with van der Waals surface area (Å²) < 4.78 is 0. The molecule has 1 atom stereocenters. The van der Waals surface area contributed by atoms with E-state index in [4.69, 9.17) is 5.26 Å². The van der Waals surface area contributed by atoms with Crippen molar-refractivity contribution in [1.82, 2.24) is 5.01 Å². The Morgan fingerprint density at radius 2 is 1.70 bits per heavy atom. The van der Waals surface area contributed by atoms with Gasteiger partial charge in [0, 0.05) is 24.9 Å². The third kappa shape index (κ3) is 9.94. The molecular formula is C36H42N4. The smallest absolute Gasteiger partial charge is 0.0992 e. The molecule has 2 N–H and O–H groups in total. The molecule has 4 heteroatoms. The van der Waals surface area contributed by atoms with Gasteiger partial charge in [-0.25, -0.2) is 5.01 Å². The van der Waals surface area contributed by atoms with Crippen LogP contribution in [0.3, 0.4) is 0 Å². The van der Waals surface area contributed by atoms with E-state index < -0.39 is 0 Å². The zero-order valence-corrected chi connectivity index (χ0v) is 24.3. The summed E-state index contributed by atoms with van der Waals surface area (Å²) in [6.45, 7) is 13.7. The summed E-state index contributed by atoms with van der Waals surface area (Å²) in [5, 5.41) is 14.5. The van der Waals surface area contributed by atoms with E-state index in [0.717, 1.165) is 29.8 Å². The van der Waals surface area contributed by atoms with Crippen molar-refractivity contribution in [2.24, 2.45) is 0 Å². The maximum Gasteiger partial charge on any atom is 0.0992 e. The summed E-state index contributed by atoms with van der Waals surface area (Å²) >= 11 is 0. The molecule has 0 fully saturated rings. The van der Waals surface area contributed by atoms with Crippen molar-refractivity contribution in [3.8, 4) is 6.07 Å². The molecule has 0 bridgehead atoms. The minimum absolute atomic E-state index is 0.0214. The highest BCUT2D eigenvalue weighted by Gasteiger charge is 2.20. The van der Waals surface area contributed by atoms with Crippen LogP contribution in [0.25, 0.3) is 0 Å². The number of fused-ring (bicyclic) bond motifs is 1. The van der Waals surface area contributed by atoms with Gasteiger partial charge in [-0.2, -0.15) is 5.26 Å². The van der Waals surface area contributed by atoms with E-state index in [1.165, 1.54) is 16.8 Å². The Bertz CT molecular complexity index is 1340. The zero-order valence-electron chi connectivity index (χ0n) is 24.3. The molecule has 1 aliphatic heterocycles. The SMILES string of the molecule is C=C/C=C\C(=C/C)C(c1ccccc1)N(C)Nc1cccc(C#N)c1.C=C1C/C=C\Cc2ccccc2N1.CC. The molecule has 0 amide bonds. The Hall–Kier alpha value is -4.59. The van der Waals surface area contributed by atoms with Gasteiger partial charge in [-0.1, -0.05) is 118 Å². The minimum atomic E-state index is 0.0214. The molecule has 3 aromatic rings. The van der Waals surface area contributed by atoms with Gasteiger partial charge >= 0.3 is 0 Å². The van der Waals surface area contributed by atoms with Crippen LogP contribution in [0.2, 0.25) is 0 Å². The van der Waals surface area contributed by atoms with Crippen molar-refractivity contribution in [2.45, 2.75) is 39.7 Å². The predicted molar refractivity (Wildman–Crippen MR) is 173 cm³/mol. The number of likely N-dealkylation sites (N-methyl/N-ethyl adjacent to an activating group) is 1. The van der Waals surface area contributed by atoms with Gasteiger partial charge < -0.3 is 10.7 Å². The van der Waals surface area contributed by atoms with E-state index in [2.05, 4.69) is 89.6 Å². The van der Waals surface area contributed by atoms with Crippen LogP contribution in [0.5, 0.6) is 0 Å². The lowest BCUT2D eigenvalue weighted by Gasteiger charge is -2.31. The standard InChI is InChI=1S/C22H23N3.C12H13N.C2H6/c1-4-6-12-19(5-2)22(20-13-8-7-9-14-20)25(3)24-21-15-10-11-18(16-21)17-23;1-10-6-2-3-7-11-8-4-5-9-12(11)13-10;1-2/h4-16,22,24H,1H2,2-3H3;2-5,8-9,13H,1,6-7H2;1-2H3/b12-6-,19-5+;3-2-;. The predicted octanol–water partition coefficient (Wildman–Crippen LogP) is 9.39. The van der Waals surface area contributed by atoms with Gasteiger partial charge in [-0.3, -0.25) is 0 Å². The van der Waals surface area contributed by atoms with E-state index in [-0.39, 0.29) is 6.04 Å². The fourth-order valence-electron chi connectivity index (χ4n) is 4.22. The number of allylic oxidation sites excluding steroid dienone is 5. The largest absolute Gasteiger partial charge is 0.359 e. The summed E-state index contributed by atoms with van der Waals surface area (Å²) in [6, 6.07) is 28.3. The van der Waals surface area contributed by atoms with Gasteiger partial charge in [-0.05, 0) is 54.3 Å². The second-order valence-electron chi connectivity index (χ2n) is 8.88. The van der Waals surface area contributed by atoms with Gasteiger partial charge in [0.05, 0.1) is 23.4 Å². The second-order valence-corrected chi connectivity index (χ2v) is 8.88. The molecule has 0 saturated carbocycles. The molecule has 0 saturated heterocycles. The Kier molecular flexibility index (Phi) is 14.1. The number of nitrogens with one attached hydrogen (secondary N) is 2. The van der Waals surface area contributed by atoms with Gasteiger partial charge in [0.25, 0.3) is 0 Å². The highest BCUT2D eigenvalue weighted by molar-refractivity contribution is 5.56. The number of para-hydroxylation sites is 1. The second kappa shape index (κ2) is 17.8. The lowest BCUT2D eigenvalue weighted by molar-refractivity contribution is 0.336. The Morgan fingerprint density at radius 1 is 1.00 bits per heavy atom. The molecule has 0 spiro atoms. The molecule has 206 valence electrons. The van der Waals surface area contributed by atoms with E-state index in [9.17, 15) is 0 Å². The number of nitriles is 1. The van der Waals surface area contributed by atoms with E-state index in [0.29, 0.717) is 5.56 Å². The lowest BCUT2D eigenvalue weighted by Crippen LogP contribution is -2.31. The van der Waals surface area contributed by atoms with Crippen LogP contribution in [0, 0.1) is 11.3 Å². The molecule has 0 aromatic heterocycles. The number of hydrazine groups is 1. The van der Waals surface area contributed by atoms with Crippen molar-refractivity contribution < 1.29 is 0 Å². The van der Waals surface area contributed by atoms with Crippen molar-refractivity contribution in [3.63, 3.8) is 0 Å². The first-order chi connectivity index (χ1) is 19.5. The maximum absolute atomic E-state index is 9.09. The summed E-state index contributed by atoms with van der Waals surface area (Å²) in [5.74, 6) is 0. The normalized spacial score (nSPS) is 14.0. The third-order valence-corrected chi connectivity index (χ3v) is 6.07. The van der Waals surface area contributed by atoms with Gasteiger partial charge in [0.15, 0.2) is 0 Å². The molecule has 40 heavy (non-hydrogen) atoms. The van der Waals surface area contributed by atoms with Crippen molar-refractivity contribution in [1.29, 1.82) is 5.26 Å². The number of nitrogens with zero attached hydrogens (tertiary/aromatic N) is 2. The van der Waals surface area contributed by atoms with Crippen LogP contribution in [-0.4, -0.2) is 12.1 Å². The molecule has 4 nitrogen and oxygen atoms in total.